The van der Waals surface area contributed by atoms with Gasteiger partial charge in [0.05, 0.1) is 16.1 Å². The molecular formula is C23H22N2S. The highest BCUT2D eigenvalue weighted by Crippen LogP contribution is 2.30. The van der Waals surface area contributed by atoms with Crippen molar-refractivity contribution >= 4 is 22.2 Å². The van der Waals surface area contributed by atoms with E-state index in [1.54, 1.807) is 11.3 Å². The van der Waals surface area contributed by atoms with E-state index >= 15 is 0 Å². The summed E-state index contributed by atoms with van der Waals surface area (Å²) in [5.41, 5.74) is 6.06. The van der Waals surface area contributed by atoms with Crippen LogP contribution in [-0.2, 0) is 13.0 Å². The van der Waals surface area contributed by atoms with E-state index in [9.17, 15) is 0 Å². The Morgan fingerprint density at radius 3 is 2.65 bits per heavy atom. The number of hydrogen-bond donors (Lipinski definition) is 1. The van der Waals surface area contributed by atoms with Crippen LogP contribution in [0, 0.1) is 6.92 Å². The van der Waals surface area contributed by atoms with E-state index in [4.69, 9.17) is 4.98 Å². The zero-order valence-corrected chi connectivity index (χ0v) is 15.7. The lowest BCUT2D eigenvalue weighted by Crippen LogP contribution is -2.17. The Morgan fingerprint density at radius 1 is 0.962 bits per heavy atom. The van der Waals surface area contributed by atoms with Crippen molar-refractivity contribution in [1.29, 1.82) is 0 Å². The van der Waals surface area contributed by atoms with E-state index < -0.39 is 0 Å². The van der Waals surface area contributed by atoms with Gasteiger partial charge in [-0.1, -0.05) is 54.6 Å². The lowest BCUT2D eigenvalue weighted by Gasteiger charge is -2.12. The number of rotatable bonds is 6. The van der Waals surface area contributed by atoms with E-state index in [1.807, 2.05) is 0 Å². The molecule has 4 aromatic rings. The van der Waals surface area contributed by atoms with Gasteiger partial charge in [-0.2, -0.15) is 0 Å². The van der Waals surface area contributed by atoms with Crippen molar-refractivity contribution < 1.29 is 0 Å². The molecule has 0 spiro atoms. The second kappa shape index (κ2) is 7.81. The number of nitrogens with one attached hydrogen (secondary N) is 1. The summed E-state index contributed by atoms with van der Waals surface area (Å²) in [5.74, 6) is 0. The summed E-state index contributed by atoms with van der Waals surface area (Å²) in [6, 6.07) is 23.6. The lowest BCUT2D eigenvalue weighted by molar-refractivity contribution is 0.687. The third kappa shape index (κ3) is 3.69. The summed E-state index contributed by atoms with van der Waals surface area (Å²) >= 11 is 1.75. The number of aromatic nitrogens is 1. The highest BCUT2D eigenvalue weighted by molar-refractivity contribution is 7.13. The number of pyridine rings is 1. The Labute approximate surface area is 158 Å². The minimum atomic E-state index is 0.830. The van der Waals surface area contributed by atoms with Crippen molar-refractivity contribution in [2.75, 3.05) is 6.54 Å². The molecule has 2 nitrogen and oxygen atoms in total. The molecule has 4 rings (SSSR count). The van der Waals surface area contributed by atoms with Gasteiger partial charge in [-0.05, 0) is 54.1 Å². The molecule has 0 aliphatic heterocycles. The molecule has 130 valence electrons. The summed E-state index contributed by atoms with van der Waals surface area (Å²) in [6.45, 7) is 3.92. The molecule has 2 aromatic heterocycles. The first-order valence-corrected chi connectivity index (χ1v) is 9.87. The predicted molar refractivity (Wildman–Crippen MR) is 112 cm³/mol. The van der Waals surface area contributed by atoms with Crippen LogP contribution in [0.2, 0.25) is 0 Å². The van der Waals surface area contributed by atoms with Crippen LogP contribution in [0.5, 0.6) is 0 Å². The summed E-state index contributed by atoms with van der Waals surface area (Å²) in [4.78, 5) is 6.26. The second-order valence-electron chi connectivity index (χ2n) is 6.53. The number of thiophene rings is 1. The molecule has 2 heterocycles. The highest BCUT2D eigenvalue weighted by atomic mass is 32.1. The van der Waals surface area contributed by atoms with Crippen molar-refractivity contribution in [2.24, 2.45) is 0 Å². The number of fused-ring (bicyclic) bond motifs is 1. The minimum absolute atomic E-state index is 0.830. The minimum Gasteiger partial charge on any atom is -0.312 e. The van der Waals surface area contributed by atoms with Crippen molar-refractivity contribution in [3.8, 4) is 10.6 Å². The molecule has 0 radical (unpaired) electrons. The maximum Gasteiger partial charge on any atom is 0.0854 e. The molecule has 0 fully saturated rings. The number of hydrogen-bond acceptors (Lipinski definition) is 3. The van der Waals surface area contributed by atoms with E-state index in [0.29, 0.717) is 0 Å². The fourth-order valence-electron chi connectivity index (χ4n) is 3.25. The van der Waals surface area contributed by atoms with Crippen molar-refractivity contribution in [3.63, 3.8) is 0 Å². The quantitative estimate of drug-likeness (QED) is 0.454. The summed E-state index contributed by atoms with van der Waals surface area (Å²) in [7, 11) is 0. The first-order chi connectivity index (χ1) is 12.8. The Kier molecular flexibility index (Phi) is 5.09. The lowest BCUT2D eigenvalue weighted by atomic mass is 10.1. The zero-order chi connectivity index (χ0) is 17.8. The SMILES string of the molecule is Cc1cccc2cc(CNCCc3ccccc3)c(-c3cccs3)nc12. The second-order valence-corrected chi connectivity index (χ2v) is 7.48. The Balaban J connectivity index is 1.57. The van der Waals surface area contributed by atoms with Crippen LogP contribution in [0.1, 0.15) is 16.7 Å². The van der Waals surface area contributed by atoms with Crippen LogP contribution in [0.3, 0.4) is 0 Å². The molecule has 2 aromatic carbocycles. The van der Waals surface area contributed by atoms with Gasteiger partial charge in [0.25, 0.3) is 0 Å². The van der Waals surface area contributed by atoms with E-state index in [0.717, 1.165) is 30.7 Å². The van der Waals surface area contributed by atoms with Crippen LogP contribution in [0.15, 0.2) is 72.1 Å². The highest BCUT2D eigenvalue weighted by Gasteiger charge is 2.11. The van der Waals surface area contributed by atoms with E-state index in [1.165, 1.54) is 27.0 Å². The predicted octanol–water partition coefficient (Wildman–Crippen LogP) is 5.60. The zero-order valence-electron chi connectivity index (χ0n) is 14.9. The summed E-state index contributed by atoms with van der Waals surface area (Å²) in [6.07, 6.45) is 1.04. The molecular weight excluding hydrogens is 336 g/mol. The number of para-hydroxylation sites is 1. The largest absolute Gasteiger partial charge is 0.312 e. The maximum absolute atomic E-state index is 5.02. The molecule has 0 saturated carbocycles. The van der Waals surface area contributed by atoms with Gasteiger partial charge in [0.2, 0.25) is 0 Å². The number of aryl methyl sites for hydroxylation is 1. The van der Waals surface area contributed by atoms with Gasteiger partial charge in [-0.3, -0.25) is 0 Å². The fraction of sp³-hybridized carbons (Fsp3) is 0.174. The maximum atomic E-state index is 5.02. The first kappa shape index (κ1) is 17.0. The van der Waals surface area contributed by atoms with Gasteiger partial charge in [-0.25, -0.2) is 4.98 Å². The monoisotopic (exact) mass is 358 g/mol. The van der Waals surface area contributed by atoms with Crippen LogP contribution in [-0.4, -0.2) is 11.5 Å². The molecule has 0 unspecified atom stereocenters. The smallest absolute Gasteiger partial charge is 0.0854 e. The fourth-order valence-corrected chi connectivity index (χ4v) is 4.00. The Bertz CT molecular complexity index is 992. The first-order valence-electron chi connectivity index (χ1n) is 8.99. The van der Waals surface area contributed by atoms with Gasteiger partial charge < -0.3 is 5.32 Å². The topological polar surface area (TPSA) is 24.9 Å². The third-order valence-electron chi connectivity index (χ3n) is 4.63. The average molecular weight is 359 g/mol. The number of benzene rings is 2. The van der Waals surface area contributed by atoms with Crippen molar-refractivity contribution in [1.82, 2.24) is 10.3 Å². The van der Waals surface area contributed by atoms with Gasteiger partial charge in [0.15, 0.2) is 0 Å². The van der Waals surface area contributed by atoms with Crippen molar-refractivity contribution in [3.05, 3.63) is 88.8 Å². The van der Waals surface area contributed by atoms with Crippen LogP contribution >= 0.6 is 11.3 Å². The Hall–Kier alpha value is -2.49. The molecule has 0 atom stereocenters. The summed E-state index contributed by atoms with van der Waals surface area (Å²) < 4.78 is 0. The van der Waals surface area contributed by atoms with Gasteiger partial charge in [0.1, 0.15) is 0 Å². The third-order valence-corrected chi connectivity index (χ3v) is 5.51. The van der Waals surface area contributed by atoms with Crippen molar-refractivity contribution in [2.45, 2.75) is 19.9 Å². The van der Waals surface area contributed by atoms with Gasteiger partial charge >= 0.3 is 0 Å². The average Bonchev–Trinajstić information content (AvgIpc) is 3.20. The van der Waals surface area contributed by atoms with Gasteiger partial charge in [-0.15, -0.1) is 11.3 Å². The van der Waals surface area contributed by atoms with Crippen LogP contribution in [0.25, 0.3) is 21.5 Å². The van der Waals surface area contributed by atoms with E-state index in [-0.39, 0.29) is 0 Å². The molecule has 1 N–H and O–H groups in total. The van der Waals surface area contributed by atoms with E-state index in [2.05, 4.69) is 84.4 Å². The molecule has 0 aliphatic rings. The molecule has 0 saturated heterocycles. The number of nitrogens with zero attached hydrogens (tertiary/aromatic N) is 1. The standard InChI is InChI=1S/C23H22N2S/c1-17-7-5-10-19-15-20(16-24-13-12-18-8-3-2-4-9-18)23(25-22(17)19)21-11-6-14-26-21/h2-11,14-15,24H,12-13,16H2,1H3. The Morgan fingerprint density at radius 2 is 1.85 bits per heavy atom. The molecule has 26 heavy (non-hydrogen) atoms. The molecule has 0 bridgehead atoms. The molecule has 3 heteroatoms. The molecule has 0 amide bonds. The molecule has 0 aliphatic carbocycles. The van der Waals surface area contributed by atoms with Crippen LogP contribution in [0.4, 0.5) is 0 Å². The normalized spacial score (nSPS) is 11.1. The summed E-state index contributed by atoms with van der Waals surface area (Å²) in [5, 5.41) is 6.93. The van der Waals surface area contributed by atoms with Gasteiger partial charge in [0, 0.05) is 11.9 Å². The van der Waals surface area contributed by atoms with Crippen LogP contribution < -0.4 is 5.32 Å².